The fourth-order valence-electron chi connectivity index (χ4n) is 1.66. The van der Waals surface area contributed by atoms with Gasteiger partial charge in [0.05, 0.1) is 5.69 Å². The van der Waals surface area contributed by atoms with Crippen LogP contribution in [0.15, 0.2) is 30.3 Å². The summed E-state index contributed by atoms with van der Waals surface area (Å²) < 4.78 is 4.97. The van der Waals surface area contributed by atoms with Crippen molar-refractivity contribution >= 4 is 28.6 Å². The zero-order chi connectivity index (χ0) is 17.0. The number of nitrogens with one attached hydrogen (secondary N) is 1. The molecule has 2 rings (SSSR count). The molecule has 0 atom stereocenters. The van der Waals surface area contributed by atoms with Crippen LogP contribution in [0.25, 0.3) is 11.3 Å². The summed E-state index contributed by atoms with van der Waals surface area (Å²) in [7, 11) is 0. The lowest BCUT2D eigenvalue weighted by molar-refractivity contribution is 0.00297. The topological polar surface area (TPSA) is 97.8 Å². The second kappa shape index (κ2) is 6.66. The molecule has 0 saturated carbocycles. The van der Waals surface area contributed by atoms with E-state index in [1.165, 1.54) is 0 Å². The van der Waals surface area contributed by atoms with Gasteiger partial charge in [-0.25, -0.2) is 14.6 Å². The fourth-order valence-corrected chi connectivity index (χ4v) is 2.42. The van der Waals surface area contributed by atoms with Gasteiger partial charge in [0.2, 0.25) is 5.13 Å². The van der Waals surface area contributed by atoms with E-state index in [-0.39, 0.29) is 10.0 Å². The molecule has 8 heteroatoms. The monoisotopic (exact) mass is 336 g/mol. The Kier molecular flexibility index (Phi) is 4.85. The standard InChI is InChI=1S/C15H16N2O5S/c1-15(2,3)21-14(20)22-17-13-16-10(11(23-13)12(18)19)9-7-5-4-6-8-9/h4-8H,1-3H3,(H,16,17)(H,18,19). The number of benzene rings is 1. The van der Waals surface area contributed by atoms with Crippen molar-refractivity contribution in [2.24, 2.45) is 0 Å². The van der Waals surface area contributed by atoms with Gasteiger partial charge in [-0.05, 0) is 20.8 Å². The number of aromatic carboxylic acids is 1. The minimum Gasteiger partial charge on any atom is -0.477 e. The van der Waals surface area contributed by atoms with Gasteiger partial charge < -0.3 is 14.7 Å². The Bertz CT molecular complexity index is 706. The number of carboxylic acid groups (broad SMARTS) is 1. The Balaban J connectivity index is 2.15. The quantitative estimate of drug-likeness (QED) is 0.647. The van der Waals surface area contributed by atoms with E-state index in [0.29, 0.717) is 11.3 Å². The van der Waals surface area contributed by atoms with E-state index < -0.39 is 17.7 Å². The van der Waals surface area contributed by atoms with Crippen LogP contribution in [0.2, 0.25) is 0 Å². The van der Waals surface area contributed by atoms with Crippen molar-refractivity contribution in [3.8, 4) is 11.3 Å². The Morgan fingerprint density at radius 2 is 1.87 bits per heavy atom. The Morgan fingerprint density at radius 1 is 1.22 bits per heavy atom. The number of aromatic nitrogens is 1. The highest BCUT2D eigenvalue weighted by atomic mass is 32.1. The number of hydrogen-bond acceptors (Lipinski definition) is 7. The molecule has 0 spiro atoms. The van der Waals surface area contributed by atoms with Gasteiger partial charge in [0, 0.05) is 5.56 Å². The van der Waals surface area contributed by atoms with Crippen molar-refractivity contribution in [3.63, 3.8) is 0 Å². The number of ether oxygens (including phenoxy) is 1. The molecule has 0 aliphatic rings. The molecule has 1 heterocycles. The predicted octanol–water partition coefficient (Wildman–Crippen LogP) is 3.79. The molecule has 2 aromatic rings. The molecule has 7 nitrogen and oxygen atoms in total. The average molecular weight is 336 g/mol. The minimum absolute atomic E-state index is 0.0477. The maximum Gasteiger partial charge on any atom is 0.533 e. The van der Waals surface area contributed by atoms with Gasteiger partial charge >= 0.3 is 12.1 Å². The number of anilines is 1. The molecule has 0 saturated heterocycles. The molecular weight excluding hydrogens is 320 g/mol. The van der Waals surface area contributed by atoms with E-state index in [9.17, 15) is 14.7 Å². The summed E-state index contributed by atoms with van der Waals surface area (Å²) in [5, 5.41) is 9.43. The molecule has 2 N–H and O–H groups in total. The van der Waals surface area contributed by atoms with E-state index >= 15 is 0 Å². The predicted molar refractivity (Wildman–Crippen MR) is 85.5 cm³/mol. The van der Waals surface area contributed by atoms with Crippen LogP contribution in [0.1, 0.15) is 30.4 Å². The van der Waals surface area contributed by atoms with Crippen molar-refractivity contribution in [1.29, 1.82) is 0 Å². The smallest absolute Gasteiger partial charge is 0.477 e. The number of carbonyl (C=O) groups excluding carboxylic acids is 1. The highest BCUT2D eigenvalue weighted by Crippen LogP contribution is 2.31. The SMILES string of the molecule is CC(C)(C)OC(=O)ONc1nc(-c2ccccc2)c(C(=O)O)s1. The van der Waals surface area contributed by atoms with Crippen molar-refractivity contribution in [2.75, 3.05) is 5.48 Å². The van der Waals surface area contributed by atoms with E-state index in [4.69, 9.17) is 9.57 Å². The van der Waals surface area contributed by atoms with Gasteiger partial charge in [0.1, 0.15) is 10.5 Å². The molecule has 1 aromatic heterocycles. The van der Waals surface area contributed by atoms with Gasteiger partial charge in [-0.2, -0.15) is 5.48 Å². The molecule has 0 bridgehead atoms. The van der Waals surface area contributed by atoms with Gasteiger partial charge in [-0.15, -0.1) is 0 Å². The summed E-state index contributed by atoms with van der Waals surface area (Å²) >= 11 is 0.868. The fraction of sp³-hybridized carbons (Fsp3) is 0.267. The van der Waals surface area contributed by atoms with Crippen LogP contribution >= 0.6 is 11.3 Å². The first-order valence-corrected chi connectivity index (χ1v) is 7.53. The normalized spacial score (nSPS) is 10.9. The largest absolute Gasteiger partial charge is 0.533 e. The lowest BCUT2D eigenvalue weighted by Gasteiger charge is -2.18. The third-order valence-corrected chi connectivity index (χ3v) is 3.42. The number of carbonyl (C=O) groups is 2. The van der Waals surface area contributed by atoms with E-state index in [2.05, 4.69) is 10.5 Å². The minimum atomic E-state index is -1.10. The second-order valence-corrected chi connectivity index (χ2v) is 6.54. The second-order valence-electron chi connectivity index (χ2n) is 5.54. The van der Waals surface area contributed by atoms with Crippen LogP contribution in [0.4, 0.5) is 9.93 Å². The molecule has 0 amide bonds. The van der Waals surface area contributed by atoms with Gasteiger partial charge in [-0.3, -0.25) is 0 Å². The van der Waals surface area contributed by atoms with E-state index in [1.54, 1.807) is 45.0 Å². The van der Waals surface area contributed by atoms with Crippen LogP contribution in [0.5, 0.6) is 0 Å². The summed E-state index contributed by atoms with van der Waals surface area (Å²) in [4.78, 5) is 31.8. The van der Waals surface area contributed by atoms with Gasteiger partial charge in [0.15, 0.2) is 0 Å². The van der Waals surface area contributed by atoms with Crippen molar-refractivity contribution in [2.45, 2.75) is 26.4 Å². The first-order valence-electron chi connectivity index (χ1n) is 6.71. The van der Waals surface area contributed by atoms with Crippen molar-refractivity contribution < 1.29 is 24.3 Å². The maximum atomic E-state index is 11.5. The summed E-state index contributed by atoms with van der Waals surface area (Å²) in [6, 6.07) is 8.89. The lowest BCUT2D eigenvalue weighted by Crippen LogP contribution is -2.25. The number of carboxylic acids is 1. The van der Waals surface area contributed by atoms with Crippen LogP contribution < -0.4 is 5.48 Å². The first kappa shape index (κ1) is 16.8. The van der Waals surface area contributed by atoms with E-state index in [1.807, 2.05) is 6.07 Å². The third kappa shape index (κ3) is 4.68. The molecule has 1 aromatic carbocycles. The Hall–Kier alpha value is -2.61. The zero-order valence-electron chi connectivity index (χ0n) is 12.8. The van der Waals surface area contributed by atoms with Crippen molar-refractivity contribution in [3.05, 3.63) is 35.2 Å². The molecule has 0 aliphatic carbocycles. The van der Waals surface area contributed by atoms with Crippen LogP contribution in [-0.2, 0) is 9.57 Å². The van der Waals surface area contributed by atoms with Crippen LogP contribution in [-0.4, -0.2) is 27.8 Å². The number of hydrogen-bond donors (Lipinski definition) is 2. The van der Waals surface area contributed by atoms with Crippen LogP contribution in [0, 0.1) is 0 Å². The van der Waals surface area contributed by atoms with Crippen molar-refractivity contribution in [1.82, 2.24) is 4.98 Å². The number of thiazole rings is 1. The summed E-state index contributed by atoms with van der Waals surface area (Å²) in [6.45, 7) is 5.11. The maximum absolute atomic E-state index is 11.5. The lowest BCUT2D eigenvalue weighted by atomic mass is 10.1. The number of nitrogens with zero attached hydrogens (tertiary/aromatic N) is 1. The molecule has 0 radical (unpaired) electrons. The molecule has 0 fully saturated rings. The molecule has 122 valence electrons. The Morgan fingerprint density at radius 3 is 2.43 bits per heavy atom. The highest BCUT2D eigenvalue weighted by Gasteiger charge is 2.21. The summed E-state index contributed by atoms with van der Waals surface area (Å²) in [5.41, 5.74) is 2.59. The molecule has 0 unspecified atom stereocenters. The first-order chi connectivity index (χ1) is 10.8. The Labute approximate surface area is 136 Å². The third-order valence-electron chi connectivity index (χ3n) is 2.48. The van der Waals surface area contributed by atoms with Crippen LogP contribution in [0.3, 0.4) is 0 Å². The zero-order valence-corrected chi connectivity index (χ0v) is 13.6. The molecular formula is C15H16N2O5S. The van der Waals surface area contributed by atoms with Gasteiger partial charge in [-0.1, -0.05) is 41.7 Å². The summed E-state index contributed by atoms with van der Waals surface area (Å²) in [5.74, 6) is -1.10. The molecule has 23 heavy (non-hydrogen) atoms. The summed E-state index contributed by atoms with van der Waals surface area (Å²) in [6.07, 6.45) is -0.925. The highest BCUT2D eigenvalue weighted by molar-refractivity contribution is 7.17. The average Bonchev–Trinajstić information content (AvgIpc) is 2.89. The van der Waals surface area contributed by atoms with Gasteiger partial charge in [0.25, 0.3) is 0 Å². The molecule has 0 aliphatic heterocycles. The number of rotatable bonds is 4. The van der Waals surface area contributed by atoms with E-state index in [0.717, 1.165) is 11.3 Å².